The smallest absolute Gasteiger partial charge is 0.260 e. The number of hydrogen-bond acceptors (Lipinski definition) is 4. The summed E-state index contributed by atoms with van der Waals surface area (Å²) in [5, 5.41) is 7.47. The zero-order chi connectivity index (χ0) is 12.6. The fourth-order valence-corrected chi connectivity index (χ4v) is 3.63. The van der Waals surface area contributed by atoms with E-state index in [0.717, 1.165) is 6.42 Å². The van der Waals surface area contributed by atoms with Crippen molar-refractivity contribution in [3.05, 3.63) is 12.0 Å². The Kier molecular flexibility index (Phi) is 2.92. The lowest BCUT2D eigenvalue weighted by Crippen LogP contribution is -2.43. The molecule has 2 rings (SSSR count). The Morgan fingerprint density at radius 1 is 1.71 bits per heavy atom. The molecule has 1 aliphatic heterocycles. The molecule has 0 amide bonds. The summed E-state index contributed by atoms with van der Waals surface area (Å²) in [6.07, 6.45) is 2.61. The summed E-state index contributed by atoms with van der Waals surface area (Å²) in [4.78, 5) is 6.58. The number of sulfonamides is 1. The van der Waals surface area contributed by atoms with Gasteiger partial charge in [0.15, 0.2) is 5.03 Å². The van der Waals surface area contributed by atoms with Crippen molar-refractivity contribution in [2.24, 2.45) is 5.73 Å². The predicted molar refractivity (Wildman–Crippen MR) is 62.2 cm³/mol. The Morgan fingerprint density at radius 3 is 2.94 bits per heavy atom. The van der Waals surface area contributed by atoms with Crippen LogP contribution in [0.4, 0.5) is 0 Å². The first-order valence-electron chi connectivity index (χ1n) is 5.30. The summed E-state index contributed by atoms with van der Waals surface area (Å²) in [5.74, 6) is 0.435. The maximum Gasteiger partial charge on any atom is 0.260 e. The van der Waals surface area contributed by atoms with Crippen molar-refractivity contribution in [3.63, 3.8) is 0 Å². The van der Waals surface area contributed by atoms with Gasteiger partial charge in [-0.25, -0.2) is 13.4 Å². The van der Waals surface area contributed by atoms with E-state index in [-0.39, 0.29) is 10.9 Å². The molecule has 1 fully saturated rings. The number of rotatable bonds is 3. The molecular weight excluding hydrogens is 242 g/mol. The first-order chi connectivity index (χ1) is 7.93. The summed E-state index contributed by atoms with van der Waals surface area (Å²) in [6.45, 7) is 2.08. The fourth-order valence-electron chi connectivity index (χ4n) is 1.99. The molecule has 17 heavy (non-hydrogen) atoms. The van der Waals surface area contributed by atoms with Gasteiger partial charge in [0.05, 0.1) is 12.2 Å². The van der Waals surface area contributed by atoms with Crippen LogP contribution in [-0.2, 0) is 10.0 Å². The molecule has 1 atom stereocenters. The number of hydrogen-bond donors (Lipinski definition) is 3. The number of imidazole rings is 1. The van der Waals surface area contributed by atoms with Gasteiger partial charge in [0, 0.05) is 6.54 Å². The van der Waals surface area contributed by atoms with E-state index in [2.05, 4.69) is 9.97 Å². The van der Waals surface area contributed by atoms with E-state index in [0.29, 0.717) is 18.8 Å². The standard InChI is InChI=1S/C9H15N5O2S/c1-6-12-5-8(13-6)17(15,16)14-4-2-3-7(14)9(10)11/h5,7H,2-4H2,1H3,(H3,10,11)(H,12,13). The lowest BCUT2D eigenvalue weighted by atomic mass is 10.2. The van der Waals surface area contributed by atoms with Crippen molar-refractivity contribution in [2.45, 2.75) is 30.8 Å². The minimum absolute atomic E-state index is 0.0585. The third-order valence-corrected chi connectivity index (χ3v) is 4.65. The minimum atomic E-state index is -3.62. The van der Waals surface area contributed by atoms with Crippen LogP contribution in [0, 0.1) is 12.3 Å². The fraction of sp³-hybridized carbons (Fsp3) is 0.556. The molecule has 1 aromatic heterocycles. The van der Waals surface area contributed by atoms with Gasteiger partial charge in [0.2, 0.25) is 0 Å². The van der Waals surface area contributed by atoms with Crippen LogP contribution in [0.2, 0.25) is 0 Å². The van der Waals surface area contributed by atoms with E-state index in [9.17, 15) is 8.42 Å². The molecular formula is C9H15N5O2S. The summed E-state index contributed by atoms with van der Waals surface area (Å²) in [7, 11) is -3.62. The average molecular weight is 257 g/mol. The van der Waals surface area contributed by atoms with Gasteiger partial charge < -0.3 is 10.7 Å². The van der Waals surface area contributed by atoms with Crippen LogP contribution < -0.4 is 5.73 Å². The van der Waals surface area contributed by atoms with E-state index >= 15 is 0 Å². The molecule has 4 N–H and O–H groups in total. The quantitative estimate of drug-likeness (QED) is 0.514. The Bertz CT molecular complexity index is 535. The summed E-state index contributed by atoms with van der Waals surface area (Å²) in [5.41, 5.74) is 5.42. The minimum Gasteiger partial charge on any atom is -0.386 e. The molecule has 8 heteroatoms. The lowest BCUT2D eigenvalue weighted by molar-refractivity contribution is 0.441. The molecule has 2 heterocycles. The summed E-state index contributed by atoms with van der Waals surface area (Å²) in [6, 6.07) is -0.524. The van der Waals surface area contributed by atoms with Crippen LogP contribution in [0.15, 0.2) is 11.2 Å². The number of aromatic amines is 1. The molecule has 1 unspecified atom stereocenters. The zero-order valence-corrected chi connectivity index (χ0v) is 10.3. The first kappa shape index (κ1) is 12.1. The normalized spacial score (nSPS) is 21.8. The maximum atomic E-state index is 12.3. The summed E-state index contributed by atoms with van der Waals surface area (Å²) >= 11 is 0. The third-order valence-electron chi connectivity index (χ3n) is 2.83. The zero-order valence-electron chi connectivity index (χ0n) is 9.47. The Hall–Kier alpha value is -1.41. The second-order valence-corrected chi connectivity index (χ2v) is 5.92. The molecule has 7 nitrogen and oxygen atoms in total. The van der Waals surface area contributed by atoms with Crippen molar-refractivity contribution in [1.29, 1.82) is 5.41 Å². The van der Waals surface area contributed by atoms with Crippen LogP contribution >= 0.6 is 0 Å². The summed E-state index contributed by atoms with van der Waals surface area (Å²) < 4.78 is 25.8. The van der Waals surface area contributed by atoms with E-state index in [1.54, 1.807) is 6.92 Å². The van der Waals surface area contributed by atoms with Gasteiger partial charge in [0.1, 0.15) is 11.7 Å². The number of aromatic nitrogens is 2. The first-order valence-corrected chi connectivity index (χ1v) is 6.74. The molecule has 0 aliphatic carbocycles. The third kappa shape index (κ3) is 2.05. The van der Waals surface area contributed by atoms with Gasteiger partial charge >= 0.3 is 0 Å². The molecule has 1 saturated heterocycles. The van der Waals surface area contributed by atoms with Gasteiger partial charge in [-0.05, 0) is 19.8 Å². The van der Waals surface area contributed by atoms with Crippen LogP contribution in [0.1, 0.15) is 18.7 Å². The Morgan fingerprint density at radius 2 is 2.41 bits per heavy atom. The Balaban J connectivity index is 2.36. The highest BCUT2D eigenvalue weighted by molar-refractivity contribution is 7.89. The average Bonchev–Trinajstić information content (AvgIpc) is 2.84. The van der Waals surface area contributed by atoms with Crippen LogP contribution in [0.5, 0.6) is 0 Å². The van der Waals surface area contributed by atoms with E-state index < -0.39 is 16.1 Å². The predicted octanol–water partition coefficient (Wildman–Crippen LogP) is -0.193. The largest absolute Gasteiger partial charge is 0.386 e. The van der Waals surface area contributed by atoms with Gasteiger partial charge in [0.25, 0.3) is 10.0 Å². The highest BCUT2D eigenvalue weighted by atomic mass is 32.2. The van der Waals surface area contributed by atoms with Gasteiger partial charge in [-0.1, -0.05) is 0 Å². The van der Waals surface area contributed by atoms with E-state index in [1.165, 1.54) is 10.5 Å². The molecule has 94 valence electrons. The second-order valence-electron chi connectivity index (χ2n) is 4.06. The van der Waals surface area contributed by atoms with Crippen molar-refractivity contribution < 1.29 is 8.42 Å². The van der Waals surface area contributed by atoms with Crippen molar-refractivity contribution in [3.8, 4) is 0 Å². The number of aryl methyl sites for hydroxylation is 1. The highest BCUT2D eigenvalue weighted by Crippen LogP contribution is 2.24. The number of nitrogens with one attached hydrogen (secondary N) is 2. The van der Waals surface area contributed by atoms with E-state index in [1.807, 2.05) is 0 Å². The van der Waals surface area contributed by atoms with Gasteiger partial charge in [-0.15, -0.1) is 0 Å². The highest BCUT2D eigenvalue weighted by Gasteiger charge is 2.37. The lowest BCUT2D eigenvalue weighted by Gasteiger charge is -2.21. The SMILES string of the molecule is Cc1ncc(S(=O)(=O)N2CCCC2C(=N)N)[nH]1. The monoisotopic (exact) mass is 257 g/mol. The second kappa shape index (κ2) is 4.11. The molecule has 1 aromatic rings. The van der Waals surface area contributed by atoms with Gasteiger partial charge in [-0.3, -0.25) is 5.41 Å². The van der Waals surface area contributed by atoms with Crippen LogP contribution in [-0.4, -0.2) is 41.1 Å². The number of nitrogens with two attached hydrogens (primary N) is 1. The van der Waals surface area contributed by atoms with E-state index in [4.69, 9.17) is 11.1 Å². The number of nitrogens with zero attached hydrogens (tertiary/aromatic N) is 2. The van der Waals surface area contributed by atoms with Gasteiger partial charge in [-0.2, -0.15) is 4.31 Å². The number of H-pyrrole nitrogens is 1. The molecule has 0 aromatic carbocycles. The van der Waals surface area contributed by atoms with Crippen LogP contribution in [0.3, 0.4) is 0 Å². The van der Waals surface area contributed by atoms with Crippen LogP contribution in [0.25, 0.3) is 0 Å². The van der Waals surface area contributed by atoms with Crippen molar-refractivity contribution >= 4 is 15.9 Å². The molecule has 0 saturated carbocycles. The topological polar surface area (TPSA) is 116 Å². The maximum absolute atomic E-state index is 12.3. The van der Waals surface area contributed by atoms with Crippen molar-refractivity contribution in [1.82, 2.24) is 14.3 Å². The molecule has 0 bridgehead atoms. The molecule has 1 aliphatic rings. The van der Waals surface area contributed by atoms with Crippen molar-refractivity contribution in [2.75, 3.05) is 6.54 Å². The molecule has 0 radical (unpaired) electrons. The molecule has 0 spiro atoms. The number of amidine groups is 1. The Labute approximate surface area is 99.6 Å².